The zero-order chi connectivity index (χ0) is 15.8. The highest BCUT2D eigenvalue weighted by atomic mass is 29.3. The summed E-state index contributed by atoms with van der Waals surface area (Å²) in [7, 11) is -3.07. The lowest BCUT2D eigenvalue weighted by Crippen LogP contribution is -2.79. The van der Waals surface area contributed by atoms with Crippen LogP contribution in [0.5, 0.6) is 0 Å². The zero-order valence-electron chi connectivity index (χ0n) is 14.1. The lowest BCUT2D eigenvalue weighted by molar-refractivity contribution is 0.896. The van der Waals surface area contributed by atoms with Gasteiger partial charge in [0.25, 0.3) is 0 Å². The number of rotatable bonds is 2. The fourth-order valence-electron chi connectivity index (χ4n) is 3.54. The zero-order valence-corrected chi connectivity index (χ0v) is 16.1. The molecule has 0 N–H and O–H groups in total. The average Bonchev–Trinajstić information content (AvgIpc) is 2.51. The highest BCUT2D eigenvalue weighted by Gasteiger charge is 2.53. The second kappa shape index (κ2) is 5.59. The van der Waals surface area contributed by atoms with Crippen LogP contribution in [0.2, 0.25) is 26.2 Å². The molecule has 1 aliphatic heterocycles. The van der Waals surface area contributed by atoms with Gasteiger partial charge in [-0.15, -0.1) is 0 Å². The van der Waals surface area contributed by atoms with Crippen molar-refractivity contribution in [2.45, 2.75) is 26.2 Å². The van der Waals surface area contributed by atoms with Crippen LogP contribution in [0.1, 0.15) is 0 Å². The Morgan fingerprint density at radius 3 is 1.23 bits per heavy atom. The van der Waals surface area contributed by atoms with E-state index in [1.807, 2.05) is 0 Å². The van der Waals surface area contributed by atoms with E-state index in [1.54, 1.807) is 0 Å². The molecule has 0 spiro atoms. The van der Waals surface area contributed by atoms with Crippen molar-refractivity contribution in [3.63, 3.8) is 0 Å². The first-order valence-corrected chi connectivity index (χ1v) is 15.0. The molecule has 0 saturated carbocycles. The van der Waals surface area contributed by atoms with Gasteiger partial charge in [0.1, 0.15) is 0 Å². The quantitative estimate of drug-likeness (QED) is 0.750. The van der Waals surface area contributed by atoms with Gasteiger partial charge in [0.15, 0.2) is 15.5 Å². The largest absolute Gasteiger partial charge is 0.396 e. The predicted octanol–water partition coefficient (Wildman–Crippen LogP) is 4.50. The monoisotopic (exact) mass is 326 g/mol. The molecule has 0 unspecified atom stereocenters. The molecule has 1 aliphatic rings. The van der Waals surface area contributed by atoms with Crippen molar-refractivity contribution in [3.8, 4) is 0 Å². The third-order valence-corrected chi connectivity index (χ3v) is 22.8. The Bertz CT molecular complexity index is 569. The first-order chi connectivity index (χ1) is 10.4. The molecule has 116 valence electrons. The Balaban J connectivity index is 1.97. The van der Waals surface area contributed by atoms with Crippen molar-refractivity contribution in [2.24, 2.45) is 0 Å². The number of hydrogen-bond acceptors (Lipinski definition) is 2. The van der Waals surface area contributed by atoms with Gasteiger partial charge in [-0.2, -0.15) is 0 Å². The Kier molecular flexibility index (Phi) is 3.91. The predicted molar refractivity (Wildman–Crippen MR) is 103 cm³/mol. The van der Waals surface area contributed by atoms with Crippen LogP contribution < -0.4 is 9.13 Å². The van der Waals surface area contributed by atoms with Gasteiger partial charge in [-0.1, -0.05) is 62.6 Å². The fourth-order valence-corrected chi connectivity index (χ4v) is 13.2. The minimum atomic E-state index is -1.54. The molecule has 0 atom stereocenters. The van der Waals surface area contributed by atoms with Gasteiger partial charge in [0, 0.05) is 24.5 Å². The van der Waals surface area contributed by atoms with E-state index in [0.717, 1.165) is 13.1 Å². The maximum atomic E-state index is 2.75. The molecule has 4 heteroatoms. The molecular formula is C18H26N2Si2. The van der Waals surface area contributed by atoms with Crippen LogP contribution in [-0.2, 0) is 0 Å². The molecule has 0 amide bonds. The first kappa shape index (κ1) is 15.4. The molecule has 22 heavy (non-hydrogen) atoms. The second-order valence-corrected chi connectivity index (χ2v) is 21.7. The van der Waals surface area contributed by atoms with E-state index in [0.29, 0.717) is 0 Å². The molecule has 2 nitrogen and oxygen atoms in total. The third kappa shape index (κ3) is 2.40. The summed E-state index contributed by atoms with van der Waals surface area (Å²) < 4.78 is 5.50. The van der Waals surface area contributed by atoms with Crippen LogP contribution in [-0.4, -0.2) is 28.6 Å². The summed E-state index contributed by atoms with van der Waals surface area (Å²) in [6, 6.07) is 22.0. The molecule has 0 aromatic heterocycles. The van der Waals surface area contributed by atoms with E-state index in [2.05, 4.69) is 96.0 Å². The van der Waals surface area contributed by atoms with Gasteiger partial charge >= 0.3 is 0 Å². The van der Waals surface area contributed by atoms with E-state index < -0.39 is 15.5 Å². The maximum Gasteiger partial charge on any atom is 0.163 e. The molecule has 1 heterocycles. The van der Waals surface area contributed by atoms with Crippen molar-refractivity contribution in [1.82, 2.24) is 0 Å². The van der Waals surface area contributed by atoms with Gasteiger partial charge in [-0.05, 0) is 24.3 Å². The standard InChI is InChI=1S/C18H26N2Si2/c1-21(2)19(17-11-7-5-8-12-17)15-16-20(22(21,3)4)18-13-9-6-10-14-18/h5-14H,15-16H2,1-4H3. The number of benzene rings is 2. The normalized spacial score (nSPS) is 20.0. The molecular weight excluding hydrogens is 300 g/mol. The van der Waals surface area contributed by atoms with E-state index in [-0.39, 0.29) is 0 Å². The molecule has 2 aromatic carbocycles. The fraction of sp³-hybridized carbons (Fsp3) is 0.333. The molecule has 1 fully saturated rings. The van der Waals surface area contributed by atoms with E-state index >= 15 is 0 Å². The van der Waals surface area contributed by atoms with Crippen molar-refractivity contribution in [1.29, 1.82) is 0 Å². The average molecular weight is 327 g/mol. The lowest BCUT2D eigenvalue weighted by atomic mass is 10.3. The summed E-state index contributed by atoms with van der Waals surface area (Å²) in [5.41, 5.74) is 2.82. The summed E-state index contributed by atoms with van der Waals surface area (Å²) >= 11 is 0. The molecule has 2 aromatic rings. The van der Waals surface area contributed by atoms with Gasteiger partial charge in [0.05, 0.1) is 0 Å². The van der Waals surface area contributed by atoms with Gasteiger partial charge < -0.3 is 9.13 Å². The van der Waals surface area contributed by atoms with Gasteiger partial charge in [-0.3, -0.25) is 0 Å². The molecule has 0 radical (unpaired) electrons. The Morgan fingerprint density at radius 2 is 0.909 bits per heavy atom. The highest BCUT2D eigenvalue weighted by molar-refractivity contribution is 7.43. The summed E-state index contributed by atoms with van der Waals surface area (Å²) in [6.45, 7) is 12.5. The summed E-state index contributed by atoms with van der Waals surface area (Å²) in [5, 5.41) is 0. The number of anilines is 2. The smallest absolute Gasteiger partial charge is 0.163 e. The first-order valence-electron chi connectivity index (χ1n) is 8.10. The van der Waals surface area contributed by atoms with E-state index in [9.17, 15) is 0 Å². The number of para-hydroxylation sites is 2. The molecule has 3 rings (SSSR count). The number of nitrogens with zero attached hydrogens (tertiary/aromatic N) is 2. The lowest BCUT2D eigenvalue weighted by Gasteiger charge is -2.57. The van der Waals surface area contributed by atoms with Gasteiger partial charge in [0.2, 0.25) is 0 Å². The highest BCUT2D eigenvalue weighted by Crippen LogP contribution is 2.36. The Morgan fingerprint density at radius 1 is 0.591 bits per heavy atom. The molecule has 0 aliphatic carbocycles. The SMILES string of the molecule is C[Si]1(C)N(c2ccccc2)CCN(c2ccccc2)[Si]1(C)C. The van der Waals surface area contributed by atoms with Crippen molar-refractivity contribution in [3.05, 3.63) is 60.7 Å². The van der Waals surface area contributed by atoms with Crippen molar-refractivity contribution < 1.29 is 0 Å². The van der Waals surface area contributed by atoms with Crippen LogP contribution in [0.25, 0.3) is 0 Å². The van der Waals surface area contributed by atoms with Crippen molar-refractivity contribution in [2.75, 3.05) is 22.2 Å². The molecule has 1 saturated heterocycles. The van der Waals surface area contributed by atoms with Crippen LogP contribution in [0.3, 0.4) is 0 Å². The van der Waals surface area contributed by atoms with E-state index in [4.69, 9.17) is 0 Å². The van der Waals surface area contributed by atoms with Gasteiger partial charge in [-0.25, -0.2) is 0 Å². The topological polar surface area (TPSA) is 6.48 Å². The number of hydrogen-bond donors (Lipinski definition) is 0. The second-order valence-electron chi connectivity index (χ2n) is 7.09. The Hall–Kier alpha value is -1.53. The van der Waals surface area contributed by atoms with E-state index in [1.165, 1.54) is 11.4 Å². The summed E-state index contributed by atoms with van der Waals surface area (Å²) in [5.74, 6) is 0. The minimum Gasteiger partial charge on any atom is -0.396 e. The van der Waals surface area contributed by atoms with Crippen molar-refractivity contribution >= 4 is 26.9 Å². The van der Waals surface area contributed by atoms with Crippen LogP contribution >= 0.6 is 0 Å². The van der Waals surface area contributed by atoms with Crippen LogP contribution in [0, 0.1) is 0 Å². The Labute approximate surface area is 136 Å². The maximum absolute atomic E-state index is 2.75. The molecule has 0 bridgehead atoms. The minimum absolute atomic E-state index is 1.13. The third-order valence-electron chi connectivity index (χ3n) is 5.53. The summed E-state index contributed by atoms with van der Waals surface area (Å²) in [4.78, 5) is 0. The van der Waals surface area contributed by atoms with Crippen LogP contribution in [0.15, 0.2) is 60.7 Å². The van der Waals surface area contributed by atoms with Crippen LogP contribution in [0.4, 0.5) is 11.4 Å². The summed E-state index contributed by atoms with van der Waals surface area (Å²) in [6.07, 6.45) is 0.